The van der Waals surface area contributed by atoms with E-state index in [1.165, 1.54) is 0 Å². The van der Waals surface area contributed by atoms with Crippen molar-refractivity contribution in [1.82, 2.24) is 0 Å². The minimum absolute atomic E-state index is 0.0132. The lowest BCUT2D eigenvalue weighted by atomic mass is 9.88. The van der Waals surface area contributed by atoms with Gasteiger partial charge in [-0.25, -0.2) is 0 Å². The van der Waals surface area contributed by atoms with Crippen molar-refractivity contribution in [3.05, 3.63) is 141 Å². The number of allylic oxidation sites excluding steroid dienone is 2. The maximum atomic E-state index is 10.1. The number of ether oxygens (including phenoxy) is 1. The molecule has 0 saturated heterocycles. The lowest BCUT2D eigenvalue weighted by Crippen LogP contribution is -2.20. The maximum Gasteiger partial charge on any atom is 0.172 e. The molecule has 0 aliphatic carbocycles. The van der Waals surface area contributed by atoms with E-state index in [0.29, 0.717) is 5.57 Å². The Kier molecular flexibility index (Phi) is 10.3. The molecule has 4 aromatic carbocycles. The number of nitriles is 3. The van der Waals surface area contributed by atoms with Crippen LogP contribution in [0.15, 0.2) is 113 Å². The van der Waals surface area contributed by atoms with Crippen LogP contribution in [0, 0.1) is 34.0 Å². The molecule has 0 amide bonds. The lowest BCUT2D eigenvalue weighted by molar-refractivity contribution is 0.0954. The number of nitrogens with zero attached hydrogens (tertiary/aromatic N) is 4. The van der Waals surface area contributed by atoms with Gasteiger partial charge in [0.15, 0.2) is 11.3 Å². The number of hydrogen-bond donors (Lipinski definition) is 2. The molecule has 0 saturated carbocycles. The first-order valence-electron chi connectivity index (χ1n) is 15.7. The first-order chi connectivity index (χ1) is 23.6. The Hall–Kier alpha value is -6.17. The monoisotopic (exact) mass is 644 g/mol. The van der Waals surface area contributed by atoms with Crippen LogP contribution >= 0.6 is 0 Å². The highest BCUT2D eigenvalue weighted by Crippen LogP contribution is 2.41. The summed E-state index contributed by atoms with van der Waals surface area (Å²) in [5.41, 5.74) is 8.80. The van der Waals surface area contributed by atoms with Crippen molar-refractivity contribution < 1.29 is 14.9 Å². The Labute approximate surface area is 287 Å². The smallest absolute Gasteiger partial charge is 0.172 e. The van der Waals surface area contributed by atoms with Crippen LogP contribution in [0.25, 0.3) is 40.5 Å². The fraction of sp³-hybridized carbons (Fsp3) is 0.167. The van der Waals surface area contributed by atoms with Crippen LogP contribution in [-0.2, 0) is 18.0 Å². The molecule has 1 heterocycles. The van der Waals surface area contributed by atoms with Crippen molar-refractivity contribution in [3.63, 3.8) is 0 Å². The molecule has 2 N–H and O–H groups in total. The van der Waals surface area contributed by atoms with Crippen LogP contribution in [0.1, 0.15) is 41.7 Å². The summed E-state index contributed by atoms with van der Waals surface area (Å²) >= 11 is 0. The molecule has 0 atom stereocenters. The van der Waals surface area contributed by atoms with Crippen LogP contribution in [-0.4, -0.2) is 29.9 Å². The molecule has 5 rings (SSSR count). The van der Waals surface area contributed by atoms with E-state index in [1.54, 1.807) is 13.8 Å². The van der Waals surface area contributed by atoms with Crippen molar-refractivity contribution in [2.45, 2.75) is 32.7 Å². The number of anilines is 1. The summed E-state index contributed by atoms with van der Waals surface area (Å²) in [7, 11) is 4.02. The highest BCUT2D eigenvalue weighted by Gasteiger charge is 2.38. The molecule has 0 spiro atoms. The van der Waals surface area contributed by atoms with E-state index in [-0.39, 0.29) is 30.1 Å². The minimum atomic E-state index is -0.966. The second-order valence-corrected chi connectivity index (χ2v) is 12.3. The van der Waals surface area contributed by atoms with Crippen molar-refractivity contribution in [1.29, 1.82) is 15.8 Å². The molecule has 0 bridgehead atoms. The molecule has 4 aromatic rings. The third-order valence-electron chi connectivity index (χ3n) is 8.48. The summed E-state index contributed by atoms with van der Waals surface area (Å²) in [5.74, 6) is -0.0132. The molecule has 242 valence electrons. The van der Waals surface area contributed by atoms with Crippen molar-refractivity contribution in [2.75, 3.05) is 19.0 Å². The SMILES string of the molecule is CN(C)c1ccc(/C=C/c2cc(-c3ccc(CO)cc3)c(/C=C/C3=C(C#N)C(=C(C#N)C#N)OC3(C)C)cc2-c2ccc(CO)cc2)cc1. The minimum Gasteiger partial charge on any atom is -0.480 e. The zero-order valence-corrected chi connectivity index (χ0v) is 27.9. The van der Waals surface area contributed by atoms with Crippen LogP contribution in [0.3, 0.4) is 0 Å². The largest absolute Gasteiger partial charge is 0.480 e. The number of benzene rings is 4. The normalized spacial score (nSPS) is 13.7. The molecule has 0 unspecified atom stereocenters. The van der Waals surface area contributed by atoms with Crippen molar-refractivity contribution >= 4 is 23.9 Å². The van der Waals surface area contributed by atoms with Gasteiger partial charge < -0.3 is 19.8 Å². The van der Waals surface area contributed by atoms with Crippen LogP contribution < -0.4 is 4.90 Å². The number of rotatable bonds is 9. The molecule has 7 heteroatoms. The van der Waals surface area contributed by atoms with E-state index in [0.717, 1.165) is 55.8 Å². The topological polar surface area (TPSA) is 124 Å². The standard InChI is InChI=1S/C42H36N4O3/c1-42(2)40(39(25-45)41(49-42)35(23-43)24-44)20-17-34-22-37(31-12-6-29(26-47)7-13-31)33(16-5-28-10-18-36(19-11-28)46(3)4)21-38(34)32-14-8-30(27-48)9-15-32/h5-22,47-48H,26-27H2,1-4H3/b16-5+,20-17+. The van der Waals surface area contributed by atoms with E-state index < -0.39 is 5.60 Å². The third kappa shape index (κ3) is 7.38. The van der Waals surface area contributed by atoms with Crippen LogP contribution in [0.4, 0.5) is 5.69 Å². The van der Waals surface area contributed by atoms with Crippen LogP contribution in [0.5, 0.6) is 0 Å². The highest BCUT2D eigenvalue weighted by molar-refractivity contribution is 5.89. The van der Waals surface area contributed by atoms with Crippen LogP contribution in [0.2, 0.25) is 0 Å². The molecular weight excluding hydrogens is 608 g/mol. The van der Waals surface area contributed by atoms with E-state index in [9.17, 15) is 26.0 Å². The first kappa shape index (κ1) is 34.2. The Bertz CT molecular complexity index is 2100. The fourth-order valence-electron chi connectivity index (χ4n) is 5.71. The summed E-state index contributed by atoms with van der Waals surface area (Å²) in [6.07, 6.45) is 7.91. The molecule has 0 aromatic heterocycles. The van der Waals surface area contributed by atoms with E-state index in [1.807, 2.05) is 86.9 Å². The molecule has 49 heavy (non-hydrogen) atoms. The second-order valence-electron chi connectivity index (χ2n) is 12.3. The molecule has 0 fully saturated rings. The third-order valence-corrected chi connectivity index (χ3v) is 8.48. The fourth-order valence-corrected chi connectivity index (χ4v) is 5.71. The van der Waals surface area contributed by atoms with Gasteiger partial charge in [0.2, 0.25) is 0 Å². The Morgan fingerprint density at radius 3 is 1.63 bits per heavy atom. The highest BCUT2D eigenvalue weighted by atomic mass is 16.5. The van der Waals surface area contributed by atoms with Crippen molar-refractivity contribution in [3.8, 4) is 40.5 Å². The zero-order valence-electron chi connectivity index (χ0n) is 27.9. The van der Waals surface area contributed by atoms with E-state index in [4.69, 9.17) is 4.74 Å². The maximum absolute atomic E-state index is 10.1. The van der Waals surface area contributed by atoms with Gasteiger partial charge in [-0.2, -0.15) is 15.8 Å². The molecule has 7 nitrogen and oxygen atoms in total. The lowest BCUT2D eigenvalue weighted by Gasteiger charge is -2.21. The van der Waals surface area contributed by atoms with Crippen molar-refractivity contribution in [2.24, 2.45) is 0 Å². The number of hydrogen-bond acceptors (Lipinski definition) is 7. The average molecular weight is 645 g/mol. The van der Waals surface area contributed by atoms with Gasteiger partial charge in [0.1, 0.15) is 29.4 Å². The predicted molar refractivity (Wildman–Crippen MR) is 194 cm³/mol. The molecule has 1 aliphatic heterocycles. The van der Waals surface area contributed by atoms with Gasteiger partial charge in [0.25, 0.3) is 0 Å². The zero-order chi connectivity index (χ0) is 35.1. The number of aliphatic hydroxyl groups excluding tert-OH is 2. The second kappa shape index (κ2) is 14.7. The summed E-state index contributed by atoms with van der Waals surface area (Å²) in [6, 6.07) is 33.8. The molecular formula is C42H36N4O3. The predicted octanol–water partition coefficient (Wildman–Crippen LogP) is 8.19. The quantitative estimate of drug-likeness (QED) is 0.139. The Balaban J connectivity index is 1.73. The first-order valence-corrected chi connectivity index (χ1v) is 15.7. The van der Waals surface area contributed by atoms with Gasteiger partial charge in [-0.15, -0.1) is 0 Å². The summed E-state index contributed by atoms with van der Waals surface area (Å²) in [6.45, 7) is 3.46. The average Bonchev–Trinajstić information content (AvgIpc) is 3.39. The number of aliphatic hydroxyl groups is 2. The Morgan fingerprint density at radius 1 is 0.714 bits per heavy atom. The van der Waals surface area contributed by atoms with E-state index in [2.05, 4.69) is 59.5 Å². The summed E-state index contributed by atoms with van der Waals surface area (Å²) in [5, 5.41) is 48.5. The summed E-state index contributed by atoms with van der Waals surface area (Å²) < 4.78 is 6.00. The summed E-state index contributed by atoms with van der Waals surface area (Å²) in [4.78, 5) is 2.06. The van der Waals surface area contributed by atoms with Gasteiger partial charge in [0.05, 0.1) is 13.2 Å². The van der Waals surface area contributed by atoms with Gasteiger partial charge in [-0.05, 0) is 88.2 Å². The Morgan fingerprint density at radius 2 is 1.20 bits per heavy atom. The van der Waals surface area contributed by atoms with Gasteiger partial charge in [-0.1, -0.05) is 85.0 Å². The molecule has 0 radical (unpaired) electrons. The van der Waals surface area contributed by atoms with Gasteiger partial charge >= 0.3 is 0 Å². The van der Waals surface area contributed by atoms with Gasteiger partial charge in [0, 0.05) is 25.4 Å². The van der Waals surface area contributed by atoms with Gasteiger partial charge in [-0.3, -0.25) is 0 Å². The molecule has 1 aliphatic rings. The van der Waals surface area contributed by atoms with E-state index >= 15 is 0 Å².